The van der Waals surface area contributed by atoms with Crippen LogP contribution in [0, 0.1) is 18.8 Å². The standard InChI is InChI=1S/C20H23NO3S/c1-3-21(16-19-10-5-4-6-11-19)25(23,24)20-15-18(9-7-8-14-22)13-12-17(20)2/h4-6,10-13,15,22H,3,8,14,16H2,1-2H3. The van der Waals surface area contributed by atoms with Gasteiger partial charge in [-0.1, -0.05) is 55.2 Å². The Morgan fingerprint density at radius 3 is 2.48 bits per heavy atom. The topological polar surface area (TPSA) is 57.6 Å². The molecule has 132 valence electrons. The molecule has 5 heteroatoms. The first kappa shape index (κ1) is 19.2. The van der Waals surface area contributed by atoms with Crippen molar-refractivity contribution in [2.24, 2.45) is 0 Å². The van der Waals surface area contributed by atoms with Crippen molar-refractivity contribution in [1.82, 2.24) is 4.31 Å². The summed E-state index contributed by atoms with van der Waals surface area (Å²) in [6.07, 6.45) is 0.366. The van der Waals surface area contributed by atoms with E-state index in [4.69, 9.17) is 5.11 Å². The Bertz CT molecular complexity index is 865. The lowest BCUT2D eigenvalue weighted by Crippen LogP contribution is -2.31. The quantitative estimate of drug-likeness (QED) is 0.809. The van der Waals surface area contributed by atoms with Gasteiger partial charge in [-0.3, -0.25) is 0 Å². The number of hydrogen-bond acceptors (Lipinski definition) is 3. The molecule has 0 atom stereocenters. The van der Waals surface area contributed by atoms with Gasteiger partial charge < -0.3 is 5.11 Å². The number of hydrogen-bond donors (Lipinski definition) is 1. The minimum atomic E-state index is -3.62. The van der Waals surface area contributed by atoms with Gasteiger partial charge in [-0.2, -0.15) is 4.31 Å². The fourth-order valence-corrected chi connectivity index (χ4v) is 4.16. The van der Waals surface area contributed by atoms with Crippen LogP contribution in [0.5, 0.6) is 0 Å². The van der Waals surface area contributed by atoms with Gasteiger partial charge in [0.15, 0.2) is 0 Å². The Morgan fingerprint density at radius 1 is 1.12 bits per heavy atom. The lowest BCUT2D eigenvalue weighted by Gasteiger charge is -2.22. The molecule has 0 fully saturated rings. The second-order valence-electron chi connectivity index (χ2n) is 5.67. The van der Waals surface area contributed by atoms with Crippen LogP contribution in [-0.2, 0) is 16.6 Å². The monoisotopic (exact) mass is 357 g/mol. The predicted molar refractivity (Wildman–Crippen MR) is 99.5 cm³/mol. The summed E-state index contributed by atoms with van der Waals surface area (Å²) in [4.78, 5) is 0.279. The zero-order valence-corrected chi connectivity index (χ0v) is 15.4. The van der Waals surface area contributed by atoms with Crippen LogP contribution in [0.25, 0.3) is 0 Å². The van der Waals surface area contributed by atoms with Crippen LogP contribution in [0.1, 0.15) is 30.0 Å². The number of nitrogens with zero attached hydrogens (tertiary/aromatic N) is 1. The van der Waals surface area contributed by atoms with Gasteiger partial charge in [-0.25, -0.2) is 8.42 Å². The van der Waals surface area contributed by atoms with Gasteiger partial charge in [-0.05, 0) is 30.2 Å². The van der Waals surface area contributed by atoms with Crippen molar-refractivity contribution < 1.29 is 13.5 Å². The Labute approximate surface area is 150 Å². The second-order valence-corrected chi connectivity index (χ2v) is 7.58. The van der Waals surface area contributed by atoms with Crippen LogP contribution in [0.3, 0.4) is 0 Å². The Hall–Kier alpha value is -2.13. The van der Waals surface area contributed by atoms with E-state index >= 15 is 0 Å². The van der Waals surface area contributed by atoms with E-state index < -0.39 is 10.0 Å². The molecule has 0 heterocycles. The fraction of sp³-hybridized carbons (Fsp3) is 0.300. The largest absolute Gasteiger partial charge is 0.395 e. The molecule has 0 amide bonds. The third-order valence-corrected chi connectivity index (χ3v) is 5.89. The average Bonchev–Trinajstić information content (AvgIpc) is 2.62. The summed E-state index contributed by atoms with van der Waals surface area (Å²) in [6, 6.07) is 14.7. The summed E-state index contributed by atoms with van der Waals surface area (Å²) in [7, 11) is -3.62. The molecular formula is C20H23NO3S. The molecule has 0 aliphatic heterocycles. The van der Waals surface area contributed by atoms with Crippen LogP contribution in [0.4, 0.5) is 0 Å². The Morgan fingerprint density at radius 2 is 1.84 bits per heavy atom. The van der Waals surface area contributed by atoms with Crippen LogP contribution in [0.15, 0.2) is 53.4 Å². The van der Waals surface area contributed by atoms with Crippen molar-refractivity contribution in [3.63, 3.8) is 0 Å². The summed E-state index contributed by atoms with van der Waals surface area (Å²) in [6.45, 7) is 4.33. The smallest absolute Gasteiger partial charge is 0.243 e. The third kappa shape index (κ3) is 4.93. The van der Waals surface area contributed by atoms with Crippen molar-refractivity contribution >= 4 is 10.0 Å². The van der Waals surface area contributed by atoms with E-state index in [0.717, 1.165) is 5.56 Å². The first-order valence-corrected chi connectivity index (χ1v) is 9.67. The lowest BCUT2D eigenvalue weighted by molar-refractivity contribution is 0.305. The van der Waals surface area contributed by atoms with Crippen LogP contribution < -0.4 is 0 Å². The summed E-state index contributed by atoms with van der Waals surface area (Å²) in [5.41, 5.74) is 2.28. The molecular weight excluding hydrogens is 334 g/mol. The number of benzene rings is 2. The highest BCUT2D eigenvalue weighted by molar-refractivity contribution is 7.89. The highest BCUT2D eigenvalue weighted by Crippen LogP contribution is 2.22. The molecule has 0 aromatic heterocycles. The molecule has 0 saturated heterocycles. The van der Waals surface area contributed by atoms with E-state index in [2.05, 4.69) is 11.8 Å². The van der Waals surface area contributed by atoms with Gasteiger partial charge in [0.2, 0.25) is 10.0 Å². The van der Waals surface area contributed by atoms with Gasteiger partial charge in [-0.15, -0.1) is 0 Å². The molecule has 0 radical (unpaired) electrons. The van der Waals surface area contributed by atoms with Crippen molar-refractivity contribution in [3.8, 4) is 11.8 Å². The Balaban J connectivity index is 2.36. The maximum atomic E-state index is 13.1. The minimum Gasteiger partial charge on any atom is -0.395 e. The number of aryl methyl sites for hydroxylation is 1. The highest BCUT2D eigenvalue weighted by atomic mass is 32.2. The van der Waals surface area contributed by atoms with E-state index in [1.807, 2.05) is 37.3 Å². The minimum absolute atomic E-state index is 0.00922. The van der Waals surface area contributed by atoms with Crippen LogP contribution in [0.2, 0.25) is 0 Å². The molecule has 0 saturated carbocycles. The SMILES string of the molecule is CCN(Cc1ccccc1)S(=O)(=O)c1cc(C#CCCO)ccc1C. The van der Waals surface area contributed by atoms with Gasteiger partial charge in [0.25, 0.3) is 0 Å². The van der Waals surface area contributed by atoms with Crippen molar-refractivity contribution in [3.05, 3.63) is 65.2 Å². The van der Waals surface area contributed by atoms with Crippen molar-refractivity contribution in [2.75, 3.05) is 13.2 Å². The summed E-state index contributed by atoms with van der Waals surface area (Å²) in [5, 5.41) is 8.81. The van der Waals surface area contributed by atoms with E-state index in [1.54, 1.807) is 25.1 Å². The maximum Gasteiger partial charge on any atom is 0.243 e. The average molecular weight is 357 g/mol. The normalized spacial score (nSPS) is 11.2. The van der Waals surface area contributed by atoms with Crippen molar-refractivity contribution in [2.45, 2.75) is 31.7 Å². The summed E-state index contributed by atoms with van der Waals surface area (Å²) in [5.74, 6) is 5.72. The van der Waals surface area contributed by atoms with Gasteiger partial charge in [0.05, 0.1) is 11.5 Å². The number of aliphatic hydroxyl groups excluding tert-OH is 1. The molecule has 25 heavy (non-hydrogen) atoms. The predicted octanol–water partition coefficient (Wildman–Crippen LogP) is 2.94. The first-order chi connectivity index (χ1) is 12.0. The molecule has 2 aromatic carbocycles. The molecule has 4 nitrogen and oxygen atoms in total. The molecule has 0 spiro atoms. The van der Waals surface area contributed by atoms with E-state index in [0.29, 0.717) is 30.6 Å². The number of aliphatic hydroxyl groups is 1. The van der Waals surface area contributed by atoms with Crippen molar-refractivity contribution in [1.29, 1.82) is 0 Å². The zero-order chi connectivity index (χ0) is 18.3. The molecule has 0 aliphatic rings. The second kappa shape index (κ2) is 8.82. The van der Waals surface area contributed by atoms with Crippen LogP contribution in [-0.4, -0.2) is 31.0 Å². The Kier molecular flexibility index (Phi) is 6.77. The summed E-state index contributed by atoms with van der Waals surface area (Å²) < 4.78 is 27.7. The highest BCUT2D eigenvalue weighted by Gasteiger charge is 2.25. The maximum absolute atomic E-state index is 13.1. The van der Waals surface area contributed by atoms with Gasteiger partial charge >= 0.3 is 0 Å². The molecule has 2 rings (SSSR count). The van der Waals surface area contributed by atoms with E-state index in [-0.39, 0.29) is 11.5 Å². The van der Waals surface area contributed by atoms with E-state index in [1.165, 1.54) is 4.31 Å². The number of sulfonamides is 1. The summed E-state index contributed by atoms with van der Waals surface area (Å²) >= 11 is 0. The molecule has 0 unspecified atom stereocenters. The molecule has 0 bridgehead atoms. The van der Waals surface area contributed by atoms with Crippen LogP contribution >= 0.6 is 0 Å². The van der Waals surface area contributed by atoms with E-state index in [9.17, 15) is 8.42 Å². The zero-order valence-electron chi connectivity index (χ0n) is 14.6. The third-order valence-electron chi connectivity index (χ3n) is 3.83. The molecule has 0 aliphatic carbocycles. The molecule has 2 aromatic rings. The van der Waals surface area contributed by atoms with Gasteiger partial charge in [0, 0.05) is 25.1 Å². The lowest BCUT2D eigenvalue weighted by atomic mass is 10.1. The molecule has 1 N–H and O–H groups in total. The fourth-order valence-electron chi connectivity index (χ4n) is 2.47. The number of rotatable bonds is 6. The first-order valence-electron chi connectivity index (χ1n) is 8.23. The van der Waals surface area contributed by atoms with Gasteiger partial charge in [0.1, 0.15) is 0 Å².